The smallest absolute Gasteiger partial charge is 0.422 e. The third kappa shape index (κ3) is 2.15. The van der Waals surface area contributed by atoms with E-state index in [1.54, 1.807) is 6.92 Å². The van der Waals surface area contributed by atoms with E-state index >= 15 is 0 Å². The lowest BCUT2D eigenvalue weighted by atomic mass is 9.86. The number of hydrogen-bond donors (Lipinski definition) is 2. The molecule has 11 heavy (non-hydrogen) atoms. The molecule has 0 bridgehead atoms. The van der Waals surface area contributed by atoms with Gasteiger partial charge in [-0.1, -0.05) is 11.6 Å². The highest BCUT2D eigenvalue weighted by atomic mass is 35.5. The first-order valence-corrected chi connectivity index (χ1v) is 3.34. The van der Waals surface area contributed by atoms with Crippen LogP contribution in [-0.4, -0.2) is 27.1 Å². The van der Waals surface area contributed by atoms with Crippen molar-refractivity contribution in [1.82, 2.24) is 9.97 Å². The summed E-state index contributed by atoms with van der Waals surface area (Å²) in [6.07, 6.45) is 0. The molecule has 58 valence electrons. The maximum atomic E-state index is 8.68. The van der Waals surface area contributed by atoms with Gasteiger partial charge in [-0.15, -0.1) is 0 Å². The molecule has 0 atom stereocenters. The van der Waals surface area contributed by atoms with E-state index in [0.717, 1.165) is 0 Å². The zero-order valence-corrected chi connectivity index (χ0v) is 6.58. The van der Waals surface area contributed by atoms with Crippen LogP contribution in [0.25, 0.3) is 0 Å². The number of aromatic nitrogens is 2. The molecular formula is C5H6BClN2O2. The largest absolute Gasteiger partial charge is 0.508 e. The van der Waals surface area contributed by atoms with Crippen LogP contribution in [0.2, 0.25) is 5.15 Å². The van der Waals surface area contributed by atoms with Crippen molar-refractivity contribution in [3.05, 3.63) is 17.0 Å². The van der Waals surface area contributed by atoms with E-state index in [2.05, 4.69) is 9.97 Å². The lowest BCUT2D eigenvalue weighted by molar-refractivity contribution is 0.424. The molecule has 2 N–H and O–H groups in total. The summed E-state index contributed by atoms with van der Waals surface area (Å²) in [5.41, 5.74) is 0.113. The highest BCUT2D eigenvalue weighted by Crippen LogP contribution is 1.99. The van der Waals surface area contributed by atoms with Gasteiger partial charge < -0.3 is 10.0 Å². The van der Waals surface area contributed by atoms with Gasteiger partial charge in [0.1, 0.15) is 11.0 Å². The van der Waals surface area contributed by atoms with Gasteiger partial charge in [0.15, 0.2) is 0 Å². The SMILES string of the molecule is Cc1nc(Cl)cc(B(O)O)n1. The molecule has 0 aliphatic rings. The third-order valence-corrected chi connectivity index (χ3v) is 1.28. The zero-order chi connectivity index (χ0) is 8.43. The van der Waals surface area contributed by atoms with Gasteiger partial charge in [-0.2, -0.15) is 0 Å². The molecule has 1 aromatic rings. The maximum absolute atomic E-state index is 8.68. The Kier molecular flexibility index (Phi) is 2.43. The molecule has 0 aromatic carbocycles. The Morgan fingerprint density at radius 1 is 1.45 bits per heavy atom. The molecule has 6 heteroatoms. The average molecular weight is 172 g/mol. The summed E-state index contributed by atoms with van der Waals surface area (Å²) in [6.45, 7) is 1.62. The van der Waals surface area contributed by atoms with Crippen LogP contribution in [0.1, 0.15) is 5.82 Å². The van der Waals surface area contributed by atoms with Crippen LogP contribution in [0.3, 0.4) is 0 Å². The Balaban J connectivity index is 3.08. The summed E-state index contributed by atoms with van der Waals surface area (Å²) < 4.78 is 0. The van der Waals surface area contributed by atoms with Crippen molar-refractivity contribution in [1.29, 1.82) is 0 Å². The molecule has 0 saturated carbocycles. The van der Waals surface area contributed by atoms with E-state index in [9.17, 15) is 0 Å². The average Bonchev–Trinajstić information content (AvgIpc) is 1.85. The van der Waals surface area contributed by atoms with Crippen molar-refractivity contribution >= 4 is 24.3 Å². The van der Waals surface area contributed by atoms with Gasteiger partial charge in [0.05, 0.1) is 5.59 Å². The molecule has 0 aliphatic heterocycles. The zero-order valence-electron chi connectivity index (χ0n) is 5.82. The van der Waals surface area contributed by atoms with Crippen LogP contribution in [0, 0.1) is 6.92 Å². The first-order chi connectivity index (χ1) is 5.09. The minimum Gasteiger partial charge on any atom is -0.422 e. The van der Waals surface area contributed by atoms with Crippen LogP contribution >= 0.6 is 11.6 Å². The molecule has 1 heterocycles. The van der Waals surface area contributed by atoms with Crippen LogP contribution < -0.4 is 5.59 Å². The number of hydrogen-bond acceptors (Lipinski definition) is 4. The predicted octanol–water partition coefficient (Wildman–Crippen LogP) is -0.882. The molecular weight excluding hydrogens is 166 g/mol. The van der Waals surface area contributed by atoms with Gasteiger partial charge in [0.2, 0.25) is 0 Å². The molecule has 4 nitrogen and oxygen atoms in total. The first-order valence-electron chi connectivity index (χ1n) is 2.97. The van der Waals surface area contributed by atoms with Crippen LogP contribution in [0.15, 0.2) is 6.07 Å². The highest BCUT2D eigenvalue weighted by Gasteiger charge is 2.13. The van der Waals surface area contributed by atoms with Crippen molar-refractivity contribution < 1.29 is 10.0 Å². The summed E-state index contributed by atoms with van der Waals surface area (Å²) >= 11 is 5.52. The molecule has 0 fully saturated rings. The monoisotopic (exact) mass is 172 g/mol. The van der Waals surface area contributed by atoms with E-state index in [1.165, 1.54) is 6.07 Å². The molecule has 0 spiro atoms. The molecule has 0 saturated heterocycles. The van der Waals surface area contributed by atoms with Gasteiger partial charge in [0.25, 0.3) is 0 Å². The number of aryl methyl sites for hydroxylation is 1. The third-order valence-electron chi connectivity index (χ3n) is 1.09. The number of nitrogens with zero attached hydrogens (tertiary/aromatic N) is 2. The minimum atomic E-state index is -1.59. The lowest BCUT2D eigenvalue weighted by Gasteiger charge is -1.99. The van der Waals surface area contributed by atoms with Crippen LogP contribution in [-0.2, 0) is 0 Å². The number of halogens is 1. The maximum Gasteiger partial charge on any atom is 0.508 e. The second-order valence-electron chi connectivity index (χ2n) is 2.04. The van der Waals surface area contributed by atoms with Crippen molar-refractivity contribution in [2.75, 3.05) is 0 Å². The summed E-state index contributed by atoms with van der Waals surface area (Å²) in [4.78, 5) is 7.49. The van der Waals surface area contributed by atoms with Gasteiger partial charge in [-0.25, -0.2) is 9.97 Å². The number of rotatable bonds is 1. The standard InChI is InChI=1S/C5H6BClN2O2/c1-3-8-4(6(10)11)2-5(7)9-3/h2,10-11H,1H3. The first kappa shape index (κ1) is 8.45. The fourth-order valence-corrected chi connectivity index (χ4v) is 0.919. The Labute approximate surface area is 69.0 Å². The van der Waals surface area contributed by atoms with Gasteiger partial charge in [-0.05, 0) is 13.0 Å². The fraction of sp³-hybridized carbons (Fsp3) is 0.200. The van der Waals surface area contributed by atoms with Crippen LogP contribution in [0.5, 0.6) is 0 Å². The van der Waals surface area contributed by atoms with Gasteiger partial charge in [-0.3, -0.25) is 0 Å². The van der Waals surface area contributed by atoms with E-state index in [0.29, 0.717) is 5.82 Å². The normalized spacial score (nSPS) is 9.82. The molecule has 0 aliphatic carbocycles. The van der Waals surface area contributed by atoms with Crippen molar-refractivity contribution in [3.8, 4) is 0 Å². The Morgan fingerprint density at radius 2 is 2.09 bits per heavy atom. The van der Waals surface area contributed by atoms with Gasteiger partial charge in [0, 0.05) is 0 Å². The van der Waals surface area contributed by atoms with E-state index < -0.39 is 7.12 Å². The molecule has 0 amide bonds. The van der Waals surface area contributed by atoms with E-state index in [1.807, 2.05) is 0 Å². The van der Waals surface area contributed by atoms with E-state index in [4.69, 9.17) is 21.6 Å². The molecule has 1 aromatic heterocycles. The second kappa shape index (κ2) is 3.17. The Hall–Kier alpha value is -0.645. The highest BCUT2D eigenvalue weighted by molar-refractivity contribution is 6.57. The molecule has 0 unspecified atom stereocenters. The fourth-order valence-electron chi connectivity index (χ4n) is 0.685. The Bertz CT molecular complexity index is 248. The quantitative estimate of drug-likeness (QED) is 0.426. The topological polar surface area (TPSA) is 66.2 Å². The summed E-state index contributed by atoms with van der Waals surface area (Å²) in [5, 5.41) is 17.6. The minimum absolute atomic E-state index is 0.113. The second-order valence-corrected chi connectivity index (χ2v) is 2.42. The van der Waals surface area contributed by atoms with Crippen molar-refractivity contribution in [3.63, 3.8) is 0 Å². The predicted molar refractivity (Wildman–Crippen MR) is 41.6 cm³/mol. The molecule has 0 radical (unpaired) electrons. The lowest BCUT2D eigenvalue weighted by Crippen LogP contribution is -2.33. The van der Waals surface area contributed by atoms with Crippen LogP contribution in [0.4, 0.5) is 0 Å². The summed E-state index contributed by atoms with van der Waals surface area (Å²) in [7, 11) is -1.59. The summed E-state index contributed by atoms with van der Waals surface area (Å²) in [6, 6.07) is 1.30. The molecule has 1 rings (SSSR count). The van der Waals surface area contributed by atoms with Crippen molar-refractivity contribution in [2.45, 2.75) is 6.92 Å². The van der Waals surface area contributed by atoms with Crippen molar-refractivity contribution in [2.24, 2.45) is 0 Å². The van der Waals surface area contributed by atoms with Gasteiger partial charge >= 0.3 is 7.12 Å². The summed E-state index contributed by atoms with van der Waals surface area (Å²) in [5.74, 6) is 0.417. The van der Waals surface area contributed by atoms with E-state index in [-0.39, 0.29) is 10.7 Å². The Morgan fingerprint density at radius 3 is 2.55 bits per heavy atom.